The first-order valence-electron chi connectivity index (χ1n) is 6.18. The lowest BCUT2D eigenvalue weighted by molar-refractivity contribution is -0.384. The lowest BCUT2D eigenvalue weighted by Gasteiger charge is -2.03. The van der Waals surface area contributed by atoms with Gasteiger partial charge in [0.1, 0.15) is 5.69 Å². The molecule has 22 heavy (non-hydrogen) atoms. The molecule has 0 spiro atoms. The molecule has 1 aromatic carbocycles. The second-order valence-electron chi connectivity index (χ2n) is 4.39. The van der Waals surface area contributed by atoms with Crippen LogP contribution in [0.25, 0.3) is 17.1 Å². The summed E-state index contributed by atoms with van der Waals surface area (Å²) in [5.74, 6) is -0.788. The van der Waals surface area contributed by atoms with Gasteiger partial charge in [0.25, 0.3) is 5.69 Å². The summed E-state index contributed by atoms with van der Waals surface area (Å²) in [6.45, 7) is 0. The minimum absolute atomic E-state index is 0.119. The van der Waals surface area contributed by atoms with Crippen molar-refractivity contribution in [3.05, 3.63) is 64.5 Å². The Labute approximate surface area is 123 Å². The van der Waals surface area contributed by atoms with E-state index in [2.05, 4.69) is 5.10 Å². The van der Waals surface area contributed by atoms with Crippen LogP contribution in [0.4, 0.5) is 5.69 Å². The van der Waals surface area contributed by atoms with E-state index in [1.165, 1.54) is 30.5 Å². The first-order chi connectivity index (χ1) is 10.6. The number of rotatable bonds is 4. The van der Waals surface area contributed by atoms with Crippen LogP contribution in [0, 0.1) is 10.1 Å². The molecule has 0 aliphatic rings. The Kier molecular flexibility index (Phi) is 3.18. The van der Waals surface area contributed by atoms with Crippen molar-refractivity contribution >= 4 is 11.7 Å². The van der Waals surface area contributed by atoms with Crippen molar-refractivity contribution in [3.63, 3.8) is 0 Å². The Morgan fingerprint density at radius 1 is 1.27 bits per heavy atom. The molecule has 2 heterocycles. The zero-order valence-electron chi connectivity index (χ0n) is 11.0. The zero-order valence-corrected chi connectivity index (χ0v) is 11.0. The molecule has 0 fully saturated rings. The lowest BCUT2D eigenvalue weighted by Crippen LogP contribution is -2.08. The summed E-state index contributed by atoms with van der Waals surface area (Å²) in [4.78, 5) is 21.7. The summed E-state index contributed by atoms with van der Waals surface area (Å²) in [5, 5.41) is 24.3. The van der Waals surface area contributed by atoms with E-state index in [1.54, 1.807) is 18.2 Å². The van der Waals surface area contributed by atoms with Crippen molar-refractivity contribution in [2.24, 2.45) is 0 Å². The molecule has 8 nitrogen and oxygen atoms in total. The molecule has 1 N–H and O–H groups in total. The van der Waals surface area contributed by atoms with E-state index in [0.717, 1.165) is 4.68 Å². The molecular weight excluding hydrogens is 290 g/mol. The van der Waals surface area contributed by atoms with E-state index in [4.69, 9.17) is 4.42 Å². The highest BCUT2D eigenvalue weighted by Crippen LogP contribution is 2.24. The van der Waals surface area contributed by atoms with Crippen LogP contribution in [0.2, 0.25) is 0 Å². The number of carboxylic acids is 1. The summed E-state index contributed by atoms with van der Waals surface area (Å²) in [5.41, 5.74) is 0.342. The second-order valence-corrected chi connectivity index (χ2v) is 4.39. The van der Waals surface area contributed by atoms with Crippen LogP contribution in [0.3, 0.4) is 0 Å². The van der Waals surface area contributed by atoms with Gasteiger partial charge in [-0.15, -0.1) is 0 Å². The van der Waals surface area contributed by atoms with Crippen molar-refractivity contribution < 1.29 is 19.2 Å². The molecule has 0 saturated heterocycles. The fourth-order valence-electron chi connectivity index (χ4n) is 2.01. The van der Waals surface area contributed by atoms with E-state index >= 15 is 0 Å². The van der Waals surface area contributed by atoms with Gasteiger partial charge in [-0.05, 0) is 18.2 Å². The second kappa shape index (κ2) is 5.17. The van der Waals surface area contributed by atoms with Gasteiger partial charge >= 0.3 is 5.97 Å². The van der Waals surface area contributed by atoms with Crippen molar-refractivity contribution in [3.8, 4) is 17.1 Å². The van der Waals surface area contributed by atoms with E-state index in [9.17, 15) is 20.0 Å². The number of carbonyl (C=O) groups is 1. The van der Waals surface area contributed by atoms with Crippen molar-refractivity contribution in [2.75, 3.05) is 0 Å². The Morgan fingerprint density at radius 3 is 2.73 bits per heavy atom. The van der Waals surface area contributed by atoms with Crippen LogP contribution < -0.4 is 0 Å². The first kappa shape index (κ1) is 13.6. The molecule has 0 saturated carbocycles. The van der Waals surface area contributed by atoms with E-state index in [0.29, 0.717) is 11.5 Å². The number of carboxylic acid groups (broad SMARTS) is 1. The third-order valence-electron chi connectivity index (χ3n) is 2.99. The Bertz CT molecular complexity index is 851. The number of aromatic nitrogens is 2. The summed E-state index contributed by atoms with van der Waals surface area (Å²) >= 11 is 0. The number of benzene rings is 1. The number of nitro benzene ring substituents is 1. The number of hydrogen-bond donors (Lipinski definition) is 1. The topological polar surface area (TPSA) is 111 Å². The fraction of sp³-hybridized carbons (Fsp3) is 0. The molecule has 0 bridgehead atoms. The van der Waals surface area contributed by atoms with Gasteiger partial charge in [0, 0.05) is 18.2 Å². The summed E-state index contributed by atoms with van der Waals surface area (Å²) < 4.78 is 6.32. The highest BCUT2D eigenvalue weighted by atomic mass is 16.6. The van der Waals surface area contributed by atoms with Gasteiger partial charge in [0.2, 0.25) is 0 Å². The Hall–Kier alpha value is -3.42. The molecule has 2 aromatic heterocycles. The quantitative estimate of drug-likeness (QED) is 0.585. The molecule has 0 unspecified atom stereocenters. The van der Waals surface area contributed by atoms with E-state index < -0.39 is 10.9 Å². The average molecular weight is 299 g/mol. The van der Waals surface area contributed by atoms with Gasteiger partial charge in [-0.1, -0.05) is 6.07 Å². The maximum absolute atomic E-state index is 11.4. The molecule has 0 amide bonds. The van der Waals surface area contributed by atoms with Gasteiger partial charge in [0.15, 0.2) is 11.5 Å². The van der Waals surface area contributed by atoms with Crippen LogP contribution in [-0.4, -0.2) is 25.8 Å². The van der Waals surface area contributed by atoms with Crippen molar-refractivity contribution in [2.45, 2.75) is 0 Å². The van der Waals surface area contributed by atoms with Crippen LogP contribution in [0.5, 0.6) is 0 Å². The number of nitro groups is 1. The molecular formula is C14H9N3O5. The van der Waals surface area contributed by atoms with Gasteiger partial charge < -0.3 is 9.52 Å². The van der Waals surface area contributed by atoms with Gasteiger partial charge in [-0.2, -0.15) is 5.10 Å². The Balaban J connectivity index is 2.15. The molecule has 110 valence electrons. The van der Waals surface area contributed by atoms with Crippen molar-refractivity contribution in [1.82, 2.24) is 9.78 Å². The van der Waals surface area contributed by atoms with Gasteiger partial charge in [-0.25, -0.2) is 9.48 Å². The molecule has 8 heteroatoms. The molecule has 0 aliphatic carbocycles. The van der Waals surface area contributed by atoms with Crippen LogP contribution in [0.1, 0.15) is 10.5 Å². The maximum atomic E-state index is 11.4. The largest absolute Gasteiger partial charge is 0.477 e. The summed E-state index contributed by atoms with van der Waals surface area (Å²) in [6, 6.07) is 10.2. The van der Waals surface area contributed by atoms with Gasteiger partial charge in [0.05, 0.1) is 16.9 Å². The molecule has 3 aromatic rings. The third-order valence-corrected chi connectivity index (χ3v) is 2.99. The molecule has 3 rings (SSSR count). The number of hydrogen-bond acceptors (Lipinski definition) is 5. The van der Waals surface area contributed by atoms with Crippen molar-refractivity contribution in [1.29, 1.82) is 0 Å². The summed E-state index contributed by atoms with van der Waals surface area (Å²) in [7, 11) is 0. The predicted molar refractivity (Wildman–Crippen MR) is 74.9 cm³/mol. The summed E-state index contributed by atoms with van der Waals surface area (Å²) in [6.07, 6.45) is 1.45. The SMILES string of the molecule is O=C(O)c1cc(-c2ccco2)nn1-c1cccc([N+](=O)[O-])c1. The van der Waals surface area contributed by atoms with Crippen LogP contribution in [-0.2, 0) is 0 Å². The van der Waals surface area contributed by atoms with E-state index in [1.807, 2.05) is 0 Å². The van der Waals surface area contributed by atoms with Gasteiger partial charge in [-0.3, -0.25) is 10.1 Å². The third kappa shape index (κ3) is 2.33. The standard InChI is InChI=1S/C14H9N3O5/c18-14(19)12-8-11(13-5-2-6-22-13)15-16(12)9-3-1-4-10(7-9)17(20)21/h1-8H,(H,18,19). The van der Waals surface area contributed by atoms with Crippen LogP contribution in [0.15, 0.2) is 53.1 Å². The molecule has 0 aliphatic heterocycles. The van der Waals surface area contributed by atoms with Crippen LogP contribution >= 0.6 is 0 Å². The first-order valence-corrected chi connectivity index (χ1v) is 6.18. The monoisotopic (exact) mass is 299 g/mol. The molecule has 0 radical (unpaired) electrons. The minimum atomic E-state index is -1.20. The highest BCUT2D eigenvalue weighted by molar-refractivity contribution is 5.87. The number of furan rings is 1. The van der Waals surface area contributed by atoms with E-state index in [-0.39, 0.29) is 17.1 Å². The minimum Gasteiger partial charge on any atom is -0.477 e. The number of aromatic carboxylic acids is 1. The normalized spacial score (nSPS) is 10.5. The zero-order chi connectivity index (χ0) is 15.7. The highest BCUT2D eigenvalue weighted by Gasteiger charge is 2.19. The average Bonchev–Trinajstić information content (AvgIpc) is 3.16. The lowest BCUT2D eigenvalue weighted by atomic mass is 10.2. The predicted octanol–water partition coefficient (Wildman–Crippen LogP) is 2.74. The number of non-ortho nitro benzene ring substituents is 1. The smallest absolute Gasteiger partial charge is 0.354 e. The number of nitrogens with zero attached hydrogens (tertiary/aromatic N) is 3. The fourth-order valence-corrected chi connectivity index (χ4v) is 2.01. The maximum Gasteiger partial charge on any atom is 0.354 e. The Morgan fingerprint density at radius 2 is 2.09 bits per heavy atom. The molecule has 0 atom stereocenters.